The highest BCUT2D eigenvalue weighted by atomic mass is 16.3. The molecule has 6 aromatic rings. The molecule has 0 bridgehead atoms. The van der Waals surface area contributed by atoms with Crippen LogP contribution in [0.3, 0.4) is 0 Å². The van der Waals surface area contributed by atoms with Crippen LogP contribution in [0.1, 0.15) is 67.0 Å². The van der Waals surface area contributed by atoms with E-state index in [9.17, 15) is 0 Å². The predicted octanol–water partition coefficient (Wildman–Crippen LogP) is 8.08. The molecule has 0 spiro atoms. The van der Waals surface area contributed by atoms with E-state index in [-0.39, 0.29) is 16.5 Å². The van der Waals surface area contributed by atoms with Gasteiger partial charge >= 0.3 is 0 Å². The molecule has 192 valence electrons. The molecule has 0 saturated carbocycles. The highest BCUT2D eigenvalue weighted by Crippen LogP contribution is 2.48. The van der Waals surface area contributed by atoms with Crippen LogP contribution in [0.15, 0.2) is 52.9 Å². The summed E-state index contributed by atoms with van der Waals surface area (Å²) in [7, 11) is 4.29. The maximum atomic E-state index is 8.15. The van der Waals surface area contributed by atoms with Gasteiger partial charge in [0.05, 0.1) is 19.5 Å². The molecule has 0 fully saturated rings. The van der Waals surface area contributed by atoms with Gasteiger partial charge in [-0.2, -0.15) is 0 Å². The molecule has 4 heteroatoms. The first-order valence-corrected chi connectivity index (χ1v) is 13.5. The molecule has 0 N–H and O–H groups in total. The van der Waals surface area contributed by atoms with E-state index in [4.69, 9.17) is 8.53 Å². The van der Waals surface area contributed by atoms with Crippen LogP contribution in [0.2, 0.25) is 0 Å². The summed E-state index contributed by atoms with van der Waals surface area (Å²) in [5.74, 6) is 1.05. The SMILES string of the molecule is [2H]C([2H])([2H])c1nc2oc3c(-c4n(C)c5ccc6c(c5[n+]4C)C(C)(C)CCC6(C)C)c(C)ccc3c2c2ccccc12. The Balaban J connectivity index is 1.61. The fraction of sp³-hybridized carbons (Fsp3) is 0.353. The first kappa shape index (κ1) is 20.3. The maximum absolute atomic E-state index is 8.15. The molecule has 0 saturated heterocycles. The van der Waals surface area contributed by atoms with Gasteiger partial charge in [0.25, 0.3) is 5.82 Å². The van der Waals surface area contributed by atoms with Gasteiger partial charge in [-0.05, 0) is 60.0 Å². The van der Waals surface area contributed by atoms with Crippen molar-refractivity contribution in [2.24, 2.45) is 14.1 Å². The summed E-state index contributed by atoms with van der Waals surface area (Å²) in [5.41, 5.74) is 8.74. The fourth-order valence-corrected chi connectivity index (χ4v) is 7.04. The Kier molecular flexibility index (Phi) is 3.99. The Morgan fingerprint density at radius 3 is 2.45 bits per heavy atom. The summed E-state index contributed by atoms with van der Waals surface area (Å²) >= 11 is 0. The average molecular weight is 506 g/mol. The molecule has 7 rings (SSSR count). The Morgan fingerprint density at radius 2 is 1.68 bits per heavy atom. The summed E-state index contributed by atoms with van der Waals surface area (Å²) in [6.45, 7) is 9.23. The Morgan fingerprint density at radius 1 is 0.947 bits per heavy atom. The third kappa shape index (κ3) is 2.92. The zero-order chi connectivity index (χ0) is 29.2. The van der Waals surface area contributed by atoms with Gasteiger partial charge in [-0.25, -0.2) is 14.1 Å². The van der Waals surface area contributed by atoms with Crippen LogP contribution in [-0.4, -0.2) is 9.55 Å². The number of aromatic nitrogens is 3. The van der Waals surface area contributed by atoms with Crippen LogP contribution < -0.4 is 4.57 Å². The van der Waals surface area contributed by atoms with Crippen LogP contribution >= 0.6 is 0 Å². The molecular formula is C34H36N3O+. The first-order valence-electron chi connectivity index (χ1n) is 15.0. The van der Waals surface area contributed by atoms with Gasteiger partial charge < -0.3 is 4.42 Å². The van der Waals surface area contributed by atoms with Crippen molar-refractivity contribution in [3.8, 4) is 11.4 Å². The Hall–Kier alpha value is -3.66. The third-order valence-corrected chi connectivity index (χ3v) is 9.21. The van der Waals surface area contributed by atoms with E-state index in [1.807, 2.05) is 24.3 Å². The lowest BCUT2D eigenvalue weighted by Crippen LogP contribution is -2.38. The molecule has 4 nitrogen and oxygen atoms in total. The summed E-state index contributed by atoms with van der Waals surface area (Å²) in [4.78, 5) is 4.61. The van der Waals surface area contributed by atoms with E-state index in [0.717, 1.165) is 45.1 Å². The number of benzene rings is 3. The van der Waals surface area contributed by atoms with Crippen molar-refractivity contribution in [3.63, 3.8) is 0 Å². The minimum atomic E-state index is -2.35. The van der Waals surface area contributed by atoms with Gasteiger partial charge in [0.15, 0.2) is 16.6 Å². The molecule has 0 radical (unpaired) electrons. The number of pyridine rings is 1. The highest BCUT2D eigenvalue weighted by molar-refractivity contribution is 6.20. The maximum Gasteiger partial charge on any atom is 0.293 e. The number of furan rings is 1. The van der Waals surface area contributed by atoms with E-state index < -0.39 is 6.85 Å². The normalized spacial score (nSPS) is 18.1. The zero-order valence-corrected chi connectivity index (χ0v) is 23.3. The number of nitrogens with zero attached hydrogens (tertiary/aromatic N) is 3. The number of hydrogen-bond donors (Lipinski definition) is 0. The molecular weight excluding hydrogens is 466 g/mol. The van der Waals surface area contributed by atoms with Crippen LogP contribution in [0.5, 0.6) is 0 Å². The van der Waals surface area contributed by atoms with Gasteiger partial charge in [-0.3, -0.25) is 0 Å². The second-order valence-electron chi connectivity index (χ2n) is 12.5. The van der Waals surface area contributed by atoms with Gasteiger partial charge in [-0.15, -0.1) is 0 Å². The van der Waals surface area contributed by atoms with Gasteiger partial charge in [0.2, 0.25) is 5.71 Å². The predicted molar refractivity (Wildman–Crippen MR) is 157 cm³/mol. The molecule has 0 amide bonds. The van der Waals surface area contributed by atoms with Gasteiger partial charge in [0.1, 0.15) is 5.56 Å². The number of aryl methyl sites for hydroxylation is 4. The van der Waals surface area contributed by atoms with Crippen molar-refractivity contribution >= 4 is 43.9 Å². The summed E-state index contributed by atoms with van der Waals surface area (Å²) in [6, 6.07) is 16.4. The highest BCUT2D eigenvalue weighted by Gasteiger charge is 2.42. The molecule has 38 heavy (non-hydrogen) atoms. The summed E-state index contributed by atoms with van der Waals surface area (Å²) in [6.07, 6.45) is 2.30. The summed E-state index contributed by atoms with van der Waals surface area (Å²) < 4.78 is 35.6. The van der Waals surface area contributed by atoms with E-state index in [0.29, 0.717) is 11.1 Å². The number of imidazole rings is 1. The Labute approximate surface area is 228 Å². The molecule has 0 atom stereocenters. The summed E-state index contributed by atoms with van der Waals surface area (Å²) in [5, 5.41) is 3.27. The lowest BCUT2D eigenvalue weighted by atomic mass is 9.63. The smallest absolute Gasteiger partial charge is 0.293 e. The van der Waals surface area contributed by atoms with E-state index >= 15 is 0 Å². The van der Waals surface area contributed by atoms with Crippen LogP contribution in [0.25, 0.3) is 55.3 Å². The average Bonchev–Trinajstić information content (AvgIpc) is 3.40. The number of hydrogen-bond acceptors (Lipinski definition) is 2. The van der Waals surface area contributed by atoms with Crippen molar-refractivity contribution in [1.29, 1.82) is 0 Å². The zero-order valence-electron chi connectivity index (χ0n) is 26.3. The van der Waals surface area contributed by atoms with Crippen molar-refractivity contribution in [2.45, 2.75) is 65.1 Å². The lowest BCUT2D eigenvalue weighted by molar-refractivity contribution is -0.634. The Bertz CT molecular complexity index is 2080. The molecule has 1 aliphatic rings. The van der Waals surface area contributed by atoms with Crippen LogP contribution in [-0.2, 0) is 24.9 Å². The fourth-order valence-electron chi connectivity index (χ4n) is 7.04. The van der Waals surface area contributed by atoms with Crippen molar-refractivity contribution < 1.29 is 13.1 Å². The minimum absolute atomic E-state index is 0.0513. The van der Waals surface area contributed by atoms with Crippen LogP contribution in [0, 0.1) is 13.8 Å². The second-order valence-corrected chi connectivity index (χ2v) is 12.5. The minimum Gasteiger partial charge on any atom is -0.437 e. The van der Waals surface area contributed by atoms with E-state index in [2.05, 4.69) is 87.1 Å². The molecule has 0 aliphatic heterocycles. The standard InChI is InChI=1S/C34H36N3O/c1-19-13-14-23-27-22-12-10-9-11-21(22)20(2)35-31(27)38-30(23)26(19)32-36(7)25-16-15-24-28(29(25)37(32)8)34(5,6)18-17-33(24,3)4/h9-16H,17-18H2,1-8H3/q+1/i2D3. The lowest BCUT2D eigenvalue weighted by Gasteiger charge is -2.41. The quantitative estimate of drug-likeness (QED) is 0.212. The number of rotatable bonds is 1. The molecule has 1 aliphatic carbocycles. The molecule has 3 heterocycles. The monoisotopic (exact) mass is 505 g/mol. The first-order chi connectivity index (χ1) is 19.2. The number of fused-ring (bicyclic) bond motifs is 8. The van der Waals surface area contributed by atoms with Crippen molar-refractivity contribution in [3.05, 3.63) is 70.9 Å². The van der Waals surface area contributed by atoms with Gasteiger partial charge in [-0.1, -0.05) is 70.2 Å². The largest absolute Gasteiger partial charge is 0.437 e. The van der Waals surface area contributed by atoms with Crippen LogP contribution in [0.4, 0.5) is 0 Å². The molecule has 3 aromatic carbocycles. The van der Waals surface area contributed by atoms with Crippen molar-refractivity contribution in [2.75, 3.05) is 0 Å². The molecule has 3 aromatic heterocycles. The third-order valence-electron chi connectivity index (χ3n) is 9.21. The van der Waals surface area contributed by atoms with E-state index in [1.165, 1.54) is 28.6 Å². The van der Waals surface area contributed by atoms with Gasteiger partial charge in [0, 0.05) is 26.1 Å². The topological polar surface area (TPSA) is 34.8 Å². The molecule has 0 unspecified atom stereocenters. The van der Waals surface area contributed by atoms with E-state index in [1.54, 1.807) is 0 Å². The van der Waals surface area contributed by atoms with Crippen molar-refractivity contribution in [1.82, 2.24) is 9.55 Å². The second kappa shape index (κ2) is 7.47.